The fourth-order valence-corrected chi connectivity index (χ4v) is 2.51. The Hall–Kier alpha value is -2.37. The monoisotopic (exact) mass is 272 g/mol. The Morgan fingerprint density at radius 1 is 1.30 bits per heavy atom. The van der Waals surface area contributed by atoms with Crippen molar-refractivity contribution in [3.05, 3.63) is 30.6 Å². The van der Waals surface area contributed by atoms with Gasteiger partial charge in [-0.15, -0.1) is 0 Å². The second-order valence-corrected chi connectivity index (χ2v) is 4.98. The molecule has 2 aromatic heterocycles. The number of hydrogen-bond acceptors (Lipinski definition) is 4. The molecule has 3 heterocycles. The third-order valence-corrected chi connectivity index (χ3v) is 3.72. The van der Waals surface area contributed by atoms with Crippen molar-refractivity contribution >= 4 is 11.8 Å². The highest BCUT2D eigenvalue weighted by Gasteiger charge is 2.25. The SMILES string of the molecule is O=C(O)C1CCN(c2cc(-c3ccncc3)[nH]n2)CC1. The maximum Gasteiger partial charge on any atom is 0.306 e. The van der Waals surface area contributed by atoms with Gasteiger partial charge in [-0.25, -0.2) is 0 Å². The summed E-state index contributed by atoms with van der Waals surface area (Å²) in [4.78, 5) is 17.1. The molecule has 0 aromatic carbocycles. The number of aromatic amines is 1. The van der Waals surface area contributed by atoms with Crippen LogP contribution in [0, 0.1) is 5.92 Å². The summed E-state index contributed by atoms with van der Waals surface area (Å²) in [5, 5.41) is 16.3. The lowest BCUT2D eigenvalue weighted by atomic mass is 9.97. The molecule has 1 aliphatic rings. The summed E-state index contributed by atoms with van der Waals surface area (Å²) >= 11 is 0. The number of anilines is 1. The molecular formula is C14H16N4O2. The molecule has 2 aromatic rings. The van der Waals surface area contributed by atoms with Crippen LogP contribution in [0.3, 0.4) is 0 Å². The molecule has 0 unspecified atom stereocenters. The number of nitrogens with one attached hydrogen (secondary N) is 1. The van der Waals surface area contributed by atoms with Gasteiger partial charge in [-0.1, -0.05) is 0 Å². The fourth-order valence-electron chi connectivity index (χ4n) is 2.51. The van der Waals surface area contributed by atoms with E-state index in [0.29, 0.717) is 12.8 Å². The number of carboxylic acid groups (broad SMARTS) is 1. The van der Waals surface area contributed by atoms with Gasteiger partial charge in [0.15, 0.2) is 5.82 Å². The molecule has 0 spiro atoms. The van der Waals surface area contributed by atoms with Gasteiger partial charge in [0.1, 0.15) is 0 Å². The van der Waals surface area contributed by atoms with Gasteiger partial charge in [-0.3, -0.25) is 14.9 Å². The quantitative estimate of drug-likeness (QED) is 0.890. The summed E-state index contributed by atoms with van der Waals surface area (Å²) < 4.78 is 0. The van der Waals surface area contributed by atoms with Crippen LogP contribution in [0.5, 0.6) is 0 Å². The first-order chi connectivity index (χ1) is 9.74. The van der Waals surface area contributed by atoms with E-state index in [0.717, 1.165) is 30.2 Å². The summed E-state index contributed by atoms with van der Waals surface area (Å²) in [6.45, 7) is 1.47. The molecule has 3 rings (SSSR count). The van der Waals surface area contributed by atoms with Crippen LogP contribution in [-0.4, -0.2) is 39.3 Å². The first-order valence-electron chi connectivity index (χ1n) is 6.67. The van der Waals surface area contributed by atoms with Crippen LogP contribution in [0.4, 0.5) is 5.82 Å². The van der Waals surface area contributed by atoms with E-state index in [4.69, 9.17) is 5.11 Å². The van der Waals surface area contributed by atoms with E-state index in [1.54, 1.807) is 12.4 Å². The molecule has 0 bridgehead atoms. The average Bonchev–Trinajstić information content (AvgIpc) is 2.98. The van der Waals surface area contributed by atoms with Crippen molar-refractivity contribution in [3.8, 4) is 11.3 Å². The molecule has 0 radical (unpaired) electrons. The standard InChI is InChI=1S/C14H16N4O2/c19-14(20)11-3-7-18(8-4-11)13-9-12(16-17-13)10-1-5-15-6-2-10/h1-2,5-6,9,11H,3-4,7-8H2,(H,16,17)(H,19,20). The summed E-state index contributed by atoms with van der Waals surface area (Å²) in [5.41, 5.74) is 1.99. The second-order valence-electron chi connectivity index (χ2n) is 4.98. The van der Waals surface area contributed by atoms with Crippen molar-refractivity contribution in [2.75, 3.05) is 18.0 Å². The van der Waals surface area contributed by atoms with Crippen molar-refractivity contribution in [3.63, 3.8) is 0 Å². The minimum Gasteiger partial charge on any atom is -0.481 e. The van der Waals surface area contributed by atoms with Crippen LogP contribution in [0.2, 0.25) is 0 Å². The Morgan fingerprint density at radius 2 is 2.00 bits per heavy atom. The van der Waals surface area contributed by atoms with E-state index in [9.17, 15) is 4.79 Å². The Morgan fingerprint density at radius 3 is 2.65 bits per heavy atom. The molecule has 1 saturated heterocycles. The number of H-pyrrole nitrogens is 1. The van der Waals surface area contributed by atoms with Gasteiger partial charge in [-0.2, -0.15) is 5.10 Å². The lowest BCUT2D eigenvalue weighted by Crippen LogP contribution is -2.36. The van der Waals surface area contributed by atoms with Gasteiger partial charge in [0.2, 0.25) is 0 Å². The summed E-state index contributed by atoms with van der Waals surface area (Å²) in [6, 6.07) is 5.85. The van der Waals surface area contributed by atoms with Crippen LogP contribution >= 0.6 is 0 Å². The number of carbonyl (C=O) groups is 1. The molecule has 0 aliphatic carbocycles. The van der Waals surface area contributed by atoms with Crippen LogP contribution in [0.25, 0.3) is 11.3 Å². The number of hydrogen-bond donors (Lipinski definition) is 2. The molecule has 0 saturated carbocycles. The number of aliphatic carboxylic acids is 1. The van der Waals surface area contributed by atoms with E-state index in [2.05, 4.69) is 20.1 Å². The summed E-state index contributed by atoms with van der Waals surface area (Å²) in [5.74, 6) is -0.0327. The third kappa shape index (κ3) is 2.49. The smallest absolute Gasteiger partial charge is 0.306 e. The van der Waals surface area contributed by atoms with Crippen LogP contribution in [-0.2, 0) is 4.79 Å². The summed E-state index contributed by atoms with van der Waals surface area (Å²) in [6.07, 6.45) is 4.84. The van der Waals surface area contributed by atoms with Crippen LogP contribution in [0.1, 0.15) is 12.8 Å². The zero-order chi connectivity index (χ0) is 13.9. The van der Waals surface area contributed by atoms with Gasteiger partial charge < -0.3 is 10.0 Å². The topological polar surface area (TPSA) is 82.1 Å². The van der Waals surface area contributed by atoms with E-state index in [-0.39, 0.29) is 5.92 Å². The van der Waals surface area contributed by atoms with Crippen molar-refractivity contribution in [2.24, 2.45) is 5.92 Å². The molecule has 0 amide bonds. The number of carboxylic acids is 1. The first kappa shape index (κ1) is 12.7. The van der Waals surface area contributed by atoms with Crippen LogP contribution < -0.4 is 4.90 Å². The molecular weight excluding hydrogens is 256 g/mol. The molecule has 1 fully saturated rings. The number of rotatable bonds is 3. The maximum atomic E-state index is 10.9. The van der Waals surface area contributed by atoms with E-state index < -0.39 is 5.97 Å². The van der Waals surface area contributed by atoms with E-state index in [1.807, 2.05) is 18.2 Å². The number of pyridine rings is 1. The second kappa shape index (κ2) is 5.32. The largest absolute Gasteiger partial charge is 0.481 e. The Kier molecular flexibility index (Phi) is 3.37. The lowest BCUT2D eigenvalue weighted by molar-refractivity contribution is -0.142. The zero-order valence-electron chi connectivity index (χ0n) is 11.0. The van der Waals surface area contributed by atoms with Gasteiger partial charge >= 0.3 is 5.97 Å². The van der Waals surface area contributed by atoms with Crippen LogP contribution in [0.15, 0.2) is 30.6 Å². The minimum atomic E-state index is -0.691. The summed E-state index contributed by atoms with van der Waals surface area (Å²) in [7, 11) is 0. The maximum absolute atomic E-state index is 10.9. The van der Waals surface area contributed by atoms with Crippen molar-refractivity contribution in [1.29, 1.82) is 0 Å². The third-order valence-electron chi connectivity index (χ3n) is 3.72. The molecule has 20 heavy (non-hydrogen) atoms. The van der Waals surface area contributed by atoms with Crippen molar-refractivity contribution in [1.82, 2.24) is 15.2 Å². The minimum absolute atomic E-state index is 0.218. The molecule has 1 aliphatic heterocycles. The number of piperidine rings is 1. The van der Waals surface area contributed by atoms with Crippen molar-refractivity contribution in [2.45, 2.75) is 12.8 Å². The van der Waals surface area contributed by atoms with E-state index >= 15 is 0 Å². The molecule has 2 N–H and O–H groups in total. The molecule has 6 heteroatoms. The predicted molar refractivity (Wildman–Crippen MR) is 74.4 cm³/mol. The highest BCUT2D eigenvalue weighted by atomic mass is 16.4. The average molecular weight is 272 g/mol. The van der Waals surface area contributed by atoms with Gasteiger partial charge in [0, 0.05) is 37.1 Å². The van der Waals surface area contributed by atoms with Gasteiger partial charge in [-0.05, 0) is 25.0 Å². The normalized spacial score (nSPS) is 16.3. The number of aromatic nitrogens is 3. The highest BCUT2D eigenvalue weighted by Crippen LogP contribution is 2.25. The van der Waals surface area contributed by atoms with Crippen molar-refractivity contribution < 1.29 is 9.90 Å². The molecule has 6 nitrogen and oxygen atoms in total. The lowest BCUT2D eigenvalue weighted by Gasteiger charge is -2.29. The number of nitrogens with zero attached hydrogens (tertiary/aromatic N) is 3. The molecule has 104 valence electrons. The van der Waals surface area contributed by atoms with Gasteiger partial charge in [0.05, 0.1) is 11.6 Å². The first-order valence-corrected chi connectivity index (χ1v) is 6.67. The van der Waals surface area contributed by atoms with Gasteiger partial charge in [0.25, 0.3) is 0 Å². The Balaban J connectivity index is 1.71. The highest BCUT2D eigenvalue weighted by molar-refractivity contribution is 5.70. The Bertz CT molecular complexity index is 588. The Labute approximate surface area is 116 Å². The fraction of sp³-hybridized carbons (Fsp3) is 0.357. The molecule has 0 atom stereocenters. The predicted octanol–water partition coefficient (Wildman–Crippen LogP) is 1.77. The zero-order valence-corrected chi connectivity index (χ0v) is 11.0. The van der Waals surface area contributed by atoms with E-state index in [1.165, 1.54) is 0 Å².